The minimum Gasteiger partial charge on any atom is -0.452 e. The molecule has 0 saturated carbocycles. The molecule has 0 aliphatic rings. The highest BCUT2D eigenvalue weighted by molar-refractivity contribution is 6.31. The molecule has 0 fully saturated rings. The third kappa shape index (κ3) is 4.05. The SMILES string of the molecule is Cc1ccc(NC(=O)COC(=O)c2ccccc2F)cc1Cl. The van der Waals surface area contributed by atoms with Crippen LogP contribution in [-0.4, -0.2) is 18.5 Å². The lowest BCUT2D eigenvalue weighted by atomic mass is 10.2. The van der Waals surface area contributed by atoms with Gasteiger partial charge in [0.2, 0.25) is 0 Å². The van der Waals surface area contributed by atoms with Gasteiger partial charge in [-0.3, -0.25) is 4.79 Å². The van der Waals surface area contributed by atoms with Crippen LogP contribution in [0.3, 0.4) is 0 Å². The number of aryl methyl sites for hydroxylation is 1. The molecule has 114 valence electrons. The van der Waals surface area contributed by atoms with E-state index in [9.17, 15) is 14.0 Å². The first-order valence-corrected chi connectivity index (χ1v) is 6.83. The van der Waals surface area contributed by atoms with Gasteiger partial charge in [0.25, 0.3) is 5.91 Å². The van der Waals surface area contributed by atoms with Crippen molar-refractivity contribution < 1.29 is 18.7 Å². The molecule has 22 heavy (non-hydrogen) atoms. The number of hydrogen-bond acceptors (Lipinski definition) is 3. The van der Waals surface area contributed by atoms with Gasteiger partial charge in [-0.25, -0.2) is 9.18 Å². The third-order valence-electron chi connectivity index (χ3n) is 2.88. The van der Waals surface area contributed by atoms with Crippen LogP contribution in [0, 0.1) is 12.7 Å². The molecule has 0 aliphatic heterocycles. The van der Waals surface area contributed by atoms with E-state index in [0.717, 1.165) is 11.6 Å². The molecule has 0 atom stereocenters. The zero-order valence-electron chi connectivity index (χ0n) is 11.7. The molecule has 1 amide bonds. The molecule has 0 radical (unpaired) electrons. The van der Waals surface area contributed by atoms with E-state index in [1.807, 2.05) is 6.92 Å². The maximum Gasteiger partial charge on any atom is 0.341 e. The molecule has 2 aromatic rings. The zero-order valence-corrected chi connectivity index (χ0v) is 12.5. The number of rotatable bonds is 4. The fraction of sp³-hybridized carbons (Fsp3) is 0.125. The molecule has 2 aromatic carbocycles. The molecule has 0 aromatic heterocycles. The van der Waals surface area contributed by atoms with E-state index in [4.69, 9.17) is 16.3 Å². The van der Waals surface area contributed by atoms with E-state index >= 15 is 0 Å². The number of amides is 1. The minimum absolute atomic E-state index is 0.214. The van der Waals surface area contributed by atoms with Crippen molar-refractivity contribution in [2.75, 3.05) is 11.9 Å². The van der Waals surface area contributed by atoms with E-state index in [-0.39, 0.29) is 5.56 Å². The van der Waals surface area contributed by atoms with Crippen LogP contribution in [-0.2, 0) is 9.53 Å². The van der Waals surface area contributed by atoms with Crippen LogP contribution >= 0.6 is 11.6 Å². The van der Waals surface area contributed by atoms with E-state index in [1.54, 1.807) is 18.2 Å². The number of esters is 1. The number of halogens is 2. The Bertz CT molecular complexity index is 718. The van der Waals surface area contributed by atoms with Gasteiger partial charge < -0.3 is 10.1 Å². The molecule has 0 bridgehead atoms. The highest BCUT2D eigenvalue weighted by atomic mass is 35.5. The summed E-state index contributed by atoms with van der Waals surface area (Å²) in [4.78, 5) is 23.4. The molecule has 0 saturated heterocycles. The second-order valence-corrected chi connectivity index (χ2v) is 4.98. The molecule has 4 nitrogen and oxygen atoms in total. The van der Waals surface area contributed by atoms with Crippen LogP contribution in [0.15, 0.2) is 42.5 Å². The Morgan fingerprint density at radius 2 is 1.95 bits per heavy atom. The first kappa shape index (κ1) is 16.0. The summed E-state index contributed by atoms with van der Waals surface area (Å²) >= 11 is 5.94. The van der Waals surface area contributed by atoms with Gasteiger partial charge in [-0.05, 0) is 36.8 Å². The largest absolute Gasteiger partial charge is 0.452 e. The second-order valence-electron chi connectivity index (χ2n) is 4.57. The summed E-state index contributed by atoms with van der Waals surface area (Å²) in [6, 6.07) is 10.4. The fourth-order valence-corrected chi connectivity index (χ4v) is 1.88. The summed E-state index contributed by atoms with van der Waals surface area (Å²) in [6.07, 6.45) is 0. The van der Waals surface area contributed by atoms with Crippen molar-refractivity contribution in [1.82, 2.24) is 0 Å². The Balaban J connectivity index is 1.91. The summed E-state index contributed by atoms with van der Waals surface area (Å²) in [6.45, 7) is 1.32. The molecule has 0 aliphatic carbocycles. The average Bonchev–Trinajstić information content (AvgIpc) is 2.49. The van der Waals surface area contributed by atoms with Crippen molar-refractivity contribution in [3.63, 3.8) is 0 Å². The van der Waals surface area contributed by atoms with Gasteiger partial charge in [-0.15, -0.1) is 0 Å². The lowest BCUT2D eigenvalue weighted by Crippen LogP contribution is -2.21. The molecule has 6 heteroatoms. The topological polar surface area (TPSA) is 55.4 Å². The summed E-state index contributed by atoms with van der Waals surface area (Å²) in [5, 5.41) is 3.05. The monoisotopic (exact) mass is 321 g/mol. The van der Waals surface area contributed by atoms with Crippen molar-refractivity contribution in [3.8, 4) is 0 Å². The number of carbonyl (C=O) groups excluding carboxylic acids is 2. The zero-order chi connectivity index (χ0) is 16.1. The van der Waals surface area contributed by atoms with Crippen molar-refractivity contribution in [2.45, 2.75) is 6.92 Å². The number of hydrogen-bond donors (Lipinski definition) is 1. The Morgan fingerprint density at radius 3 is 2.64 bits per heavy atom. The fourth-order valence-electron chi connectivity index (χ4n) is 1.70. The molecule has 0 heterocycles. The Kier molecular flexibility index (Phi) is 5.12. The molecule has 0 unspecified atom stereocenters. The minimum atomic E-state index is -0.893. The van der Waals surface area contributed by atoms with Crippen LogP contribution in [0.5, 0.6) is 0 Å². The number of benzene rings is 2. The summed E-state index contributed by atoms with van der Waals surface area (Å²) < 4.78 is 18.2. The summed E-state index contributed by atoms with van der Waals surface area (Å²) in [7, 11) is 0. The first-order valence-electron chi connectivity index (χ1n) is 6.45. The first-order chi connectivity index (χ1) is 10.5. The van der Waals surface area contributed by atoms with Crippen molar-refractivity contribution in [2.24, 2.45) is 0 Å². The number of nitrogens with one attached hydrogen (secondary N) is 1. The van der Waals surface area contributed by atoms with E-state index in [2.05, 4.69) is 5.32 Å². The lowest BCUT2D eigenvalue weighted by Gasteiger charge is -2.08. The molecule has 0 spiro atoms. The van der Waals surface area contributed by atoms with E-state index < -0.39 is 24.3 Å². The van der Waals surface area contributed by atoms with Crippen LogP contribution in [0.1, 0.15) is 15.9 Å². The van der Waals surface area contributed by atoms with Crippen molar-refractivity contribution in [3.05, 3.63) is 64.4 Å². The van der Waals surface area contributed by atoms with Gasteiger partial charge >= 0.3 is 5.97 Å². The molecule has 1 N–H and O–H groups in total. The normalized spacial score (nSPS) is 10.1. The van der Waals surface area contributed by atoms with Crippen LogP contribution in [0.25, 0.3) is 0 Å². The molecular formula is C16H13ClFNO3. The van der Waals surface area contributed by atoms with Crippen LogP contribution < -0.4 is 5.32 Å². The molecular weight excluding hydrogens is 309 g/mol. The van der Waals surface area contributed by atoms with Gasteiger partial charge in [0, 0.05) is 10.7 Å². The Morgan fingerprint density at radius 1 is 1.23 bits per heavy atom. The standard InChI is InChI=1S/C16H13ClFNO3/c1-10-6-7-11(8-13(10)17)19-15(20)9-22-16(21)12-4-2-3-5-14(12)18/h2-8H,9H2,1H3,(H,19,20). The lowest BCUT2D eigenvalue weighted by molar-refractivity contribution is -0.119. The summed E-state index contributed by atoms with van der Waals surface area (Å²) in [5.74, 6) is -2.13. The van der Waals surface area contributed by atoms with Gasteiger partial charge in [0.05, 0.1) is 5.56 Å². The maximum absolute atomic E-state index is 13.4. The number of carbonyl (C=O) groups is 2. The van der Waals surface area contributed by atoms with Crippen LogP contribution in [0.2, 0.25) is 5.02 Å². The average molecular weight is 322 g/mol. The highest BCUT2D eigenvalue weighted by Crippen LogP contribution is 2.19. The molecule has 2 rings (SSSR count). The Labute approximate surface area is 131 Å². The predicted molar refractivity (Wildman–Crippen MR) is 81.5 cm³/mol. The smallest absolute Gasteiger partial charge is 0.341 e. The van der Waals surface area contributed by atoms with E-state index in [1.165, 1.54) is 18.2 Å². The Hall–Kier alpha value is -2.40. The van der Waals surface area contributed by atoms with E-state index in [0.29, 0.717) is 10.7 Å². The number of anilines is 1. The predicted octanol–water partition coefficient (Wildman–Crippen LogP) is 3.58. The third-order valence-corrected chi connectivity index (χ3v) is 3.29. The summed E-state index contributed by atoms with van der Waals surface area (Å²) in [5.41, 5.74) is 1.15. The number of ether oxygens (including phenoxy) is 1. The highest BCUT2D eigenvalue weighted by Gasteiger charge is 2.14. The van der Waals surface area contributed by atoms with Gasteiger partial charge in [-0.1, -0.05) is 29.8 Å². The van der Waals surface area contributed by atoms with Crippen molar-refractivity contribution in [1.29, 1.82) is 0 Å². The van der Waals surface area contributed by atoms with Gasteiger partial charge in [0.1, 0.15) is 5.82 Å². The second kappa shape index (κ2) is 7.04. The van der Waals surface area contributed by atoms with Gasteiger partial charge in [-0.2, -0.15) is 0 Å². The van der Waals surface area contributed by atoms with Gasteiger partial charge in [0.15, 0.2) is 6.61 Å². The van der Waals surface area contributed by atoms with Crippen LogP contribution in [0.4, 0.5) is 10.1 Å². The van der Waals surface area contributed by atoms with Crippen molar-refractivity contribution >= 4 is 29.2 Å². The maximum atomic E-state index is 13.4. The quantitative estimate of drug-likeness (QED) is 0.876.